The first kappa shape index (κ1) is 13.9. The number of aromatic nitrogens is 3. The predicted octanol–water partition coefficient (Wildman–Crippen LogP) is 3.22. The van der Waals surface area contributed by atoms with Gasteiger partial charge in [0.25, 0.3) is 0 Å². The Hall–Kier alpha value is -1.49. The number of rotatable bonds is 6. The zero-order chi connectivity index (χ0) is 13.7. The molecule has 0 aliphatic heterocycles. The Morgan fingerprint density at radius 1 is 1.21 bits per heavy atom. The number of aryl methyl sites for hydroxylation is 2. The van der Waals surface area contributed by atoms with Gasteiger partial charge >= 0.3 is 0 Å². The van der Waals surface area contributed by atoms with E-state index in [2.05, 4.69) is 39.5 Å². The van der Waals surface area contributed by atoms with Gasteiger partial charge in [0.2, 0.25) is 0 Å². The number of nitrogens with zero attached hydrogens (tertiary/aromatic N) is 3. The van der Waals surface area contributed by atoms with Crippen molar-refractivity contribution in [2.24, 2.45) is 0 Å². The van der Waals surface area contributed by atoms with Gasteiger partial charge in [-0.25, -0.2) is 15.0 Å². The SMILES string of the molecule is CCCc1cc(NCC)nc(Cc2nc(C)cs2)n1. The minimum Gasteiger partial charge on any atom is -0.370 e. The van der Waals surface area contributed by atoms with Crippen LogP contribution < -0.4 is 5.32 Å². The summed E-state index contributed by atoms with van der Waals surface area (Å²) in [6.45, 7) is 7.13. The van der Waals surface area contributed by atoms with Crippen molar-refractivity contribution in [3.8, 4) is 0 Å². The third-order valence-corrected chi connectivity index (χ3v) is 3.63. The second-order valence-electron chi connectivity index (χ2n) is 4.50. The maximum absolute atomic E-state index is 4.63. The number of anilines is 1. The molecule has 2 heterocycles. The van der Waals surface area contributed by atoms with Crippen molar-refractivity contribution in [3.63, 3.8) is 0 Å². The molecule has 0 saturated carbocycles. The van der Waals surface area contributed by atoms with E-state index in [-0.39, 0.29) is 0 Å². The van der Waals surface area contributed by atoms with E-state index in [0.717, 1.165) is 47.4 Å². The fourth-order valence-corrected chi connectivity index (χ4v) is 2.67. The molecule has 0 bridgehead atoms. The highest BCUT2D eigenvalue weighted by atomic mass is 32.1. The molecule has 4 nitrogen and oxygen atoms in total. The number of nitrogens with one attached hydrogen (secondary N) is 1. The van der Waals surface area contributed by atoms with E-state index in [9.17, 15) is 0 Å². The van der Waals surface area contributed by atoms with Gasteiger partial charge in [0.15, 0.2) is 0 Å². The summed E-state index contributed by atoms with van der Waals surface area (Å²) in [4.78, 5) is 13.7. The molecule has 0 atom stereocenters. The summed E-state index contributed by atoms with van der Waals surface area (Å²) < 4.78 is 0. The average molecular weight is 276 g/mol. The Kier molecular flexibility index (Phi) is 4.85. The van der Waals surface area contributed by atoms with Crippen LogP contribution in [0.15, 0.2) is 11.4 Å². The Morgan fingerprint density at radius 3 is 2.68 bits per heavy atom. The largest absolute Gasteiger partial charge is 0.370 e. The van der Waals surface area contributed by atoms with Crippen LogP contribution >= 0.6 is 11.3 Å². The number of thiazole rings is 1. The Morgan fingerprint density at radius 2 is 2.05 bits per heavy atom. The Labute approximate surface area is 118 Å². The lowest BCUT2D eigenvalue weighted by Crippen LogP contribution is -2.06. The van der Waals surface area contributed by atoms with Gasteiger partial charge in [-0.15, -0.1) is 11.3 Å². The van der Waals surface area contributed by atoms with Gasteiger partial charge in [-0.3, -0.25) is 0 Å². The summed E-state index contributed by atoms with van der Waals surface area (Å²) >= 11 is 1.67. The molecule has 2 aromatic heterocycles. The molecule has 2 aromatic rings. The summed E-state index contributed by atoms with van der Waals surface area (Å²) in [6, 6.07) is 2.05. The molecule has 1 N–H and O–H groups in total. The molecular weight excluding hydrogens is 256 g/mol. The van der Waals surface area contributed by atoms with Gasteiger partial charge in [0.1, 0.15) is 16.6 Å². The molecule has 0 radical (unpaired) electrons. The van der Waals surface area contributed by atoms with Gasteiger partial charge in [0.05, 0.1) is 6.42 Å². The summed E-state index contributed by atoms with van der Waals surface area (Å²) in [7, 11) is 0. The molecule has 0 amide bonds. The van der Waals surface area contributed by atoms with Crippen LogP contribution in [-0.4, -0.2) is 21.5 Å². The smallest absolute Gasteiger partial charge is 0.137 e. The van der Waals surface area contributed by atoms with Crippen LogP contribution in [0.2, 0.25) is 0 Å². The molecule has 2 rings (SSSR count). The van der Waals surface area contributed by atoms with Crippen molar-refractivity contribution in [3.05, 3.63) is 33.7 Å². The summed E-state index contributed by atoms with van der Waals surface area (Å²) in [5, 5.41) is 6.41. The maximum Gasteiger partial charge on any atom is 0.137 e. The van der Waals surface area contributed by atoms with Crippen molar-refractivity contribution in [2.75, 3.05) is 11.9 Å². The molecule has 0 aromatic carbocycles. The molecule has 0 aliphatic rings. The van der Waals surface area contributed by atoms with E-state index >= 15 is 0 Å². The highest BCUT2D eigenvalue weighted by Gasteiger charge is 2.07. The van der Waals surface area contributed by atoms with E-state index in [0.29, 0.717) is 6.42 Å². The van der Waals surface area contributed by atoms with E-state index in [1.807, 2.05) is 13.0 Å². The third kappa shape index (κ3) is 3.99. The summed E-state index contributed by atoms with van der Waals surface area (Å²) in [6.07, 6.45) is 2.80. The van der Waals surface area contributed by atoms with Gasteiger partial charge in [-0.1, -0.05) is 13.3 Å². The quantitative estimate of drug-likeness (QED) is 0.880. The lowest BCUT2D eigenvalue weighted by atomic mass is 10.2. The van der Waals surface area contributed by atoms with Crippen LogP contribution in [0.1, 0.15) is 42.5 Å². The minimum absolute atomic E-state index is 0.717. The summed E-state index contributed by atoms with van der Waals surface area (Å²) in [5.74, 6) is 1.78. The number of hydrogen-bond acceptors (Lipinski definition) is 5. The topological polar surface area (TPSA) is 50.7 Å². The molecule has 19 heavy (non-hydrogen) atoms. The number of hydrogen-bond donors (Lipinski definition) is 1. The summed E-state index contributed by atoms with van der Waals surface area (Å²) in [5.41, 5.74) is 2.17. The van der Waals surface area contributed by atoms with Crippen LogP contribution in [0, 0.1) is 6.92 Å². The van der Waals surface area contributed by atoms with Crippen molar-refractivity contribution >= 4 is 17.2 Å². The molecule has 0 spiro atoms. The second-order valence-corrected chi connectivity index (χ2v) is 5.44. The van der Waals surface area contributed by atoms with Gasteiger partial charge in [-0.05, 0) is 20.3 Å². The first-order valence-corrected chi connectivity index (χ1v) is 7.61. The highest BCUT2D eigenvalue weighted by molar-refractivity contribution is 7.09. The van der Waals surface area contributed by atoms with Crippen molar-refractivity contribution in [1.82, 2.24) is 15.0 Å². The zero-order valence-electron chi connectivity index (χ0n) is 11.7. The zero-order valence-corrected chi connectivity index (χ0v) is 12.5. The second kappa shape index (κ2) is 6.61. The molecule has 0 aliphatic carbocycles. The molecule has 102 valence electrons. The first-order valence-electron chi connectivity index (χ1n) is 6.73. The van der Waals surface area contributed by atoms with E-state index in [1.54, 1.807) is 11.3 Å². The van der Waals surface area contributed by atoms with Crippen molar-refractivity contribution in [1.29, 1.82) is 0 Å². The molecular formula is C14H20N4S. The third-order valence-electron chi connectivity index (χ3n) is 2.67. The Balaban J connectivity index is 2.22. The van der Waals surface area contributed by atoms with Crippen LogP contribution in [-0.2, 0) is 12.8 Å². The van der Waals surface area contributed by atoms with Crippen molar-refractivity contribution < 1.29 is 0 Å². The fraction of sp³-hybridized carbons (Fsp3) is 0.500. The maximum atomic E-state index is 4.63. The van der Waals surface area contributed by atoms with Gasteiger partial charge in [-0.2, -0.15) is 0 Å². The monoisotopic (exact) mass is 276 g/mol. The fourth-order valence-electron chi connectivity index (χ4n) is 1.91. The van der Waals surface area contributed by atoms with Gasteiger partial charge in [0, 0.05) is 29.4 Å². The van der Waals surface area contributed by atoms with Crippen LogP contribution in [0.3, 0.4) is 0 Å². The molecule has 0 unspecified atom stereocenters. The normalized spacial score (nSPS) is 10.7. The highest BCUT2D eigenvalue weighted by Crippen LogP contribution is 2.15. The van der Waals surface area contributed by atoms with Crippen molar-refractivity contribution in [2.45, 2.75) is 40.0 Å². The van der Waals surface area contributed by atoms with E-state index < -0.39 is 0 Å². The lowest BCUT2D eigenvalue weighted by molar-refractivity contribution is 0.839. The minimum atomic E-state index is 0.717. The van der Waals surface area contributed by atoms with Gasteiger partial charge < -0.3 is 5.32 Å². The van der Waals surface area contributed by atoms with E-state index in [1.165, 1.54) is 0 Å². The standard InChI is InChI=1S/C14H20N4S/c1-4-6-11-7-12(15-5-2)18-13(17-11)8-14-16-10(3)9-19-14/h7,9H,4-6,8H2,1-3H3,(H,15,17,18). The van der Waals surface area contributed by atoms with Crippen LogP contribution in [0.4, 0.5) is 5.82 Å². The lowest BCUT2D eigenvalue weighted by Gasteiger charge is -2.07. The molecule has 5 heteroatoms. The predicted molar refractivity (Wildman–Crippen MR) is 79.8 cm³/mol. The molecule has 0 fully saturated rings. The van der Waals surface area contributed by atoms with Crippen LogP contribution in [0.25, 0.3) is 0 Å². The van der Waals surface area contributed by atoms with Crippen LogP contribution in [0.5, 0.6) is 0 Å². The first-order chi connectivity index (χ1) is 9.21. The average Bonchev–Trinajstić information content (AvgIpc) is 2.75. The van der Waals surface area contributed by atoms with E-state index in [4.69, 9.17) is 0 Å². The Bertz CT molecular complexity index is 512. The molecule has 0 saturated heterocycles.